The third-order valence-corrected chi connectivity index (χ3v) is 7.31. The van der Waals surface area contributed by atoms with Crippen molar-refractivity contribution < 1.29 is 23.8 Å². The monoisotopic (exact) mass is 641 g/mol. The summed E-state index contributed by atoms with van der Waals surface area (Å²) >= 11 is 12.1. The van der Waals surface area contributed by atoms with Gasteiger partial charge in [0.05, 0.1) is 17.8 Å². The van der Waals surface area contributed by atoms with E-state index in [1.165, 1.54) is 29.0 Å². The van der Waals surface area contributed by atoms with Gasteiger partial charge < -0.3 is 19.5 Å². The largest absolute Gasteiger partial charge is 0.490 e. The lowest BCUT2D eigenvalue weighted by molar-refractivity contribution is -0.132. The van der Waals surface area contributed by atoms with Gasteiger partial charge in [0, 0.05) is 5.02 Å². The van der Waals surface area contributed by atoms with Crippen molar-refractivity contribution >= 4 is 41.2 Å². The van der Waals surface area contributed by atoms with Gasteiger partial charge in [-0.3, -0.25) is 9.59 Å². The number of hydrogen-bond donors (Lipinski definition) is 2. The van der Waals surface area contributed by atoms with Crippen LogP contribution in [0.15, 0.2) is 53.6 Å². The average molecular weight is 643 g/mol. The van der Waals surface area contributed by atoms with E-state index in [0.29, 0.717) is 47.5 Å². The SMILES string of the molecule is CCOc1cc(/C=N\NC(=O)[C@@H](CC(C)C)NC(=O)[C@H](C)Oc2ccc(Cl)cc2Cl)ccc1OCc1c(C)cc(C)cc1C. The molecular formula is C34H41Cl2N3O5. The van der Waals surface area contributed by atoms with Crippen molar-refractivity contribution in [3.63, 3.8) is 0 Å². The molecule has 0 aliphatic heterocycles. The molecule has 0 heterocycles. The molecule has 0 radical (unpaired) electrons. The van der Waals surface area contributed by atoms with E-state index in [9.17, 15) is 9.59 Å². The Morgan fingerprint density at radius 1 is 0.886 bits per heavy atom. The number of aryl methyl sites for hydroxylation is 3. The summed E-state index contributed by atoms with van der Waals surface area (Å²) in [7, 11) is 0. The second kappa shape index (κ2) is 16.4. The quantitative estimate of drug-likeness (QED) is 0.142. The summed E-state index contributed by atoms with van der Waals surface area (Å²) in [5, 5.41) is 7.63. The molecule has 236 valence electrons. The third-order valence-electron chi connectivity index (χ3n) is 6.78. The Bertz CT molecular complexity index is 1470. The predicted molar refractivity (Wildman–Crippen MR) is 176 cm³/mol. The minimum absolute atomic E-state index is 0.130. The van der Waals surface area contributed by atoms with E-state index in [0.717, 1.165) is 5.56 Å². The highest BCUT2D eigenvalue weighted by atomic mass is 35.5. The average Bonchev–Trinajstić information content (AvgIpc) is 2.94. The lowest BCUT2D eigenvalue weighted by atomic mass is 10.0. The molecule has 0 spiro atoms. The number of hydrogen-bond acceptors (Lipinski definition) is 6. The summed E-state index contributed by atoms with van der Waals surface area (Å²) in [5.41, 5.74) is 7.97. The summed E-state index contributed by atoms with van der Waals surface area (Å²) in [6, 6.07) is 13.7. The summed E-state index contributed by atoms with van der Waals surface area (Å²) in [6.07, 6.45) is 1.01. The maximum absolute atomic E-state index is 13.0. The number of benzene rings is 3. The van der Waals surface area contributed by atoms with Gasteiger partial charge in [-0.2, -0.15) is 5.10 Å². The van der Waals surface area contributed by atoms with Crippen LogP contribution in [-0.4, -0.2) is 36.8 Å². The van der Waals surface area contributed by atoms with Crippen LogP contribution in [0.1, 0.15) is 61.9 Å². The van der Waals surface area contributed by atoms with Gasteiger partial charge in [0.2, 0.25) is 0 Å². The predicted octanol–water partition coefficient (Wildman–Crippen LogP) is 7.34. The fourth-order valence-corrected chi connectivity index (χ4v) is 5.09. The molecule has 0 bridgehead atoms. The molecule has 0 fully saturated rings. The van der Waals surface area contributed by atoms with Crippen LogP contribution in [0.5, 0.6) is 17.2 Å². The zero-order valence-electron chi connectivity index (χ0n) is 26.3. The summed E-state index contributed by atoms with van der Waals surface area (Å²) < 4.78 is 17.7. The standard InChI is InChI=1S/C34H41Cl2N3O5/c1-8-42-32-16-25(9-11-31(32)43-19-27-22(5)14-21(4)15-23(27)6)18-37-39-34(41)29(13-20(2)3)38-33(40)24(7)44-30-12-10-26(35)17-28(30)36/h9-12,14-18,20,24,29H,8,13,19H2,1-7H3,(H,38,40)(H,39,41)/b37-18-/t24-,29+/m0/s1. The molecule has 0 saturated carbocycles. The van der Waals surface area contributed by atoms with Crippen LogP contribution < -0.4 is 25.0 Å². The number of carbonyl (C=O) groups excluding carboxylic acids is 2. The Hall–Kier alpha value is -3.75. The Labute approximate surface area is 270 Å². The van der Waals surface area contributed by atoms with E-state index >= 15 is 0 Å². The molecule has 3 aromatic rings. The van der Waals surface area contributed by atoms with Crippen molar-refractivity contribution in [3.05, 3.63) is 86.4 Å². The number of amides is 2. The van der Waals surface area contributed by atoms with Crippen molar-refractivity contribution in [2.75, 3.05) is 6.61 Å². The van der Waals surface area contributed by atoms with Crippen molar-refractivity contribution in [1.29, 1.82) is 0 Å². The molecule has 2 atom stereocenters. The highest BCUT2D eigenvalue weighted by molar-refractivity contribution is 6.35. The maximum Gasteiger partial charge on any atom is 0.262 e. The van der Waals surface area contributed by atoms with Crippen LogP contribution in [0.4, 0.5) is 0 Å². The van der Waals surface area contributed by atoms with Crippen LogP contribution in [0.3, 0.4) is 0 Å². The zero-order chi connectivity index (χ0) is 32.4. The molecule has 0 saturated heterocycles. The van der Waals surface area contributed by atoms with Gasteiger partial charge in [-0.25, -0.2) is 5.43 Å². The topological polar surface area (TPSA) is 98.2 Å². The first kappa shape index (κ1) is 34.7. The van der Waals surface area contributed by atoms with Gasteiger partial charge >= 0.3 is 0 Å². The van der Waals surface area contributed by atoms with Crippen LogP contribution in [0, 0.1) is 26.7 Å². The fraction of sp³-hybridized carbons (Fsp3) is 0.382. The summed E-state index contributed by atoms with van der Waals surface area (Å²) in [5.74, 6) is 0.720. The van der Waals surface area contributed by atoms with Crippen LogP contribution in [0.25, 0.3) is 0 Å². The van der Waals surface area contributed by atoms with Crippen molar-refractivity contribution in [2.45, 2.75) is 73.6 Å². The minimum atomic E-state index is -0.906. The third kappa shape index (κ3) is 10.2. The first-order valence-electron chi connectivity index (χ1n) is 14.6. The van der Waals surface area contributed by atoms with E-state index in [1.807, 2.05) is 32.9 Å². The Kier molecular flexibility index (Phi) is 12.9. The maximum atomic E-state index is 13.0. The zero-order valence-corrected chi connectivity index (χ0v) is 27.8. The van der Waals surface area contributed by atoms with Gasteiger partial charge in [0.15, 0.2) is 17.6 Å². The van der Waals surface area contributed by atoms with Crippen LogP contribution >= 0.6 is 23.2 Å². The number of ether oxygens (including phenoxy) is 3. The van der Waals surface area contributed by atoms with E-state index < -0.39 is 24.0 Å². The summed E-state index contributed by atoms with van der Waals surface area (Å²) in [6.45, 7) is 14.5. The lowest BCUT2D eigenvalue weighted by Crippen LogP contribution is -2.49. The Morgan fingerprint density at radius 2 is 1.57 bits per heavy atom. The van der Waals surface area contributed by atoms with Gasteiger partial charge in [0.1, 0.15) is 18.4 Å². The molecule has 44 heavy (non-hydrogen) atoms. The van der Waals surface area contributed by atoms with E-state index in [2.05, 4.69) is 48.7 Å². The molecule has 0 aliphatic carbocycles. The molecule has 3 rings (SSSR count). The number of nitrogens with zero attached hydrogens (tertiary/aromatic N) is 1. The smallest absolute Gasteiger partial charge is 0.262 e. The molecule has 2 amide bonds. The Balaban J connectivity index is 1.64. The first-order chi connectivity index (χ1) is 20.9. The van der Waals surface area contributed by atoms with Gasteiger partial charge in [-0.15, -0.1) is 0 Å². The molecule has 10 heteroatoms. The van der Waals surface area contributed by atoms with Gasteiger partial charge in [-0.1, -0.05) is 54.7 Å². The molecule has 8 nitrogen and oxygen atoms in total. The molecule has 2 N–H and O–H groups in total. The van der Waals surface area contributed by atoms with Gasteiger partial charge in [-0.05, 0) is 106 Å². The van der Waals surface area contributed by atoms with E-state index in [-0.39, 0.29) is 10.9 Å². The fourth-order valence-electron chi connectivity index (χ4n) is 4.64. The number of rotatable bonds is 14. The van der Waals surface area contributed by atoms with Crippen LogP contribution in [-0.2, 0) is 16.2 Å². The highest BCUT2D eigenvalue weighted by Crippen LogP contribution is 2.30. The second-order valence-electron chi connectivity index (χ2n) is 11.1. The summed E-state index contributed by atoms with van der Waals surface area (Å²) in [4.78, 5) is 25.9. The molecule has 3 aromatic carbocycles. The number of halogens is 2. The normalized spacial score (nSPS) is 12.6. The highest BCUT2D eigenvalue weighted by Gasteiger charge is 2.25. The molecule has 0 aromatic heterocycles. The Morgan fingerprint density at radius 3 is 2.20 bits per heavy atom. The minimum Gasteiger partial charge on any atom is -0.490 e. The number of nitrogens with one attached hydrogen (secondary N) is 2. The van der Waals surface area contributed by atoms with Crippen molar-refractivity contribution in [2.24, 2.45) is 11.0 Å². The molecule has 0 aliphatic rings. The molecule has 0 unspecified atom stereocenters. The first-order valence-corrected chi connectivity index (χ1v) is 15.3. The number of carbonyl (C=O) groups is 2. The lowest BCUT2D eigenvalue weighted by Gasteiger charge is -2.22. The number of hydrazone groups is 1. The van der Waals surface area contributed by atoms with Crippen molar-refractivity contribution in [1.82, 2.24) is 10.7 Å². The van der Waals surface area contributed by atoms with E-state index in [4.69, 9.17) is 37.4 Å². The van der Waals surface area contributed by atoms with Gasteiger partial charge in [0.25, 0.3) is 11.8 Å². The van der Waals surface area contributed by atoms with Crippen molar-refractivity contribution in [3.8, 4) is 17.2 Å². The van der Waals surface area contributed by atoms with E-state index in [1.54, 1.807) is 25.1 Å². The molecular weight excluding hydrogens is 601 g/mol. The van der Waals surface area contributed by atoms with Crippen LogP contribution in [0.2, 0.25) is 10.0 Å². The second-order valence-corrected chi connectivity index (χ2v) is 11.9.